The fraction of sp³-hybridized carbons (Fsp3) is 0.438. The predicted molar refractivity (Wildman–Crippen MR) is 81.7 cm³/mol. The van der Waals surface area contributed by atoms with Crippen LogP contribution in [0.25, 0.3) is 0 Å². The highest BCUT2D eigenvalue weighted by Crippen LogP contribution is 2.17. The minimum atomic E-state index is -0.295. The van der Waals surface area contributed by atoms with Crippen molar-refractivity contribution in [1.29, 1.82) is 0 Å². The molecule has 0 saturated heterocycles. The third-order valence-corrected chi connectivity index (χ3v) is 2.37. The average molecular weight is 274 g/mol. The Morgan fingerprint density at radius 1 is 1.35 bits per heavy atom. The molecule has 0 bridgehead atoms. The number of aryl methyl sites for hydroxylation is 1. The Kier molecular flexibility index (Phi) is 5.60. The highest BCUT2D eigenvalue weighted by atomic mass is 16.2. The van der Waals surface area contributed by atoms with Crippen molar-refractivity contribution in [2.75, 3.05) is 11.9 Å². The lowest BCUT2D eigenvalue weighted by Crippen LogP contribution is -2.43. The molecule has 1 aromatic carbocycles. The van der Waals surface area contributed by atoms with E-state index >= 15 is 0 Å². The Balaban J connectivity index is 2.90. The maximum Gasteiger partial charge on any atom is 0.319 e. The van der Waals surface area contributed by atoms with Crippen LogP contribution in [0, 0.1) is 18.8 Å². The van der Waals surface area contributed by atoms with Gasteiger partial charge in [0, 0.05) is 17.5 Å². The molecule has 2 amide bonds. The van der Waals surface area contributed by atoms with Crippen LogP contribution in [0.15, 0.2) is 18.2 Å². The normalized spacial score (nSPS) is 10.4. The highest BCUT2D eigenvalue weighted by Gasteiger charge is 2.14. The molecule has 0 saturated carbocycles. The van der Waals surface area contributed by atoms with Crippen molar-refractivity contribution in [3.05, 3.63) is 29.3 Å². The van der Waals surface area contributed by atoms with E-state index in [1.807, 2.05) is 45.9 Å². The zero-order valence-corrected chi connectivity index (χ0v) is 12.5. The molecule has 1 aromatic rings. The highest BCUT2D eigenvalue weighted by molar-refractivity contribution is 5.91. The molecule has 108 valence electrons. The second kappa shape index (κ2) is 6.97. The van der Waals surface area contributed by atoms with Crippen LogP contribution in [0.3, 0.4) is 0 Å². The quantitative estimate of drug-likeness (QED) is 0.726. The van der Waals surface area contributed by atoms with Gasteiger partial charge in [0.2, 0.25) is 0 Å². The van der Waals surface area contributed by atoms with Crippen molar-refractivity contribution in [1.82, 2.24) is 5.32 Å². The summed E-state index contributed by atoms with van der Waals surface area (Å²) in [6.45, 7) is 7.75. The fourth-order valence-electron chi connectivity index (χ4n) is 1.58. The summed E-state index contributed by atoms with van der Waals surface area (Å²) in [6.07, 6.45) is 0.418. The topological polar surface area (TPSA) is 61.4 Å². The van der Waals surface area contributed by atoms with E-state index in [9.17, 15) is 4.79 Å². The van der Waals surface area contributed by atoms with Gasteiger partial charge >= 0.3 is 6.03 Å². The summed E-state index contributed by atoms with van der Waals surface area (Å²) in [5, 5.41) is 14.4. The van der Waals surface area contributed by atoms with Gasteiger partial charge in [0.15, 0.2) is 0 Å². The van der Waals surface area contributed by atoms with E-state index in [-0.39, 0.29) is 18.2 Å². The van der Waals surface area contributed by atoms with E-state index in [0.29, 0.717) is 12.1 Å². The van der Waals surface area contributed by atoms with E-state index in [2.05, 4.69) is 22.5 Å². The summed E-state index contributed by atoms with van der Waals surface area (Å²) < 4.78 is 0. The smallest absolute Gasteiger partial charge is 0.319 e. The van der Waals surface area contributed by atoms with Gasteiger partial charge in [0.05, 0.1) is 12.3 Å². The Morgan fingerprint density at radius 3 is 2.65 bits per heavy atom. The minimum Gasteiger partial charge on any atom is -0.395 e. The van der Waals surface area contributed by atoms with Crippen LogP contribution in [0.4, 0.5) is 10.5 Å². The molecule has 4 heteroatoms. The molecule has 0 unspecified atom stereocenters. The average Bonchev–Trinajstić information content (AvgIpc) is 2.29. The zero-order chi connectivity index (χ0) is 15.2. The first-order valence-electron chi connectivity index (χ1n) is 6.61. The molecular weight excluding hydrogens is 252 g/mol. The summed E-state index contributed by atoms with van der Waals surface area (Å²) in [5.74, 6) is 5.82. The standard InChI is InChI=1S/C16H22N2O2/c1-12-8-9-13(7-5-6-10-19)14(11-12)17-15(20)18-16(2,3)4/h8-9,11,19H,6,10H2,1-4H3,(H2,17,18,20). The molecule has 1 rings (SSSR count). The number of amides is 2. The number of aliphatic hydroxyl groups is 1. The Labute approximate surface area is 120 Å². The second-order valence-corrected chi connectivity index (χ2v) is 5.65. The van der Waals surface area contributed by atoms with Gasteiger partial charge < -0.3 is 15.7 Å². The van der Waals surface area contributed by atoms with Crippen molar-refractivity contribution >= 4 is 11.7 Å². The first-order valence-corrected chi connectivity index (χ1v) is 6.61. The van der Waals surface area contributed by atoms with Crippen molar-refractivity contribution in [3.63, 3.8) is 0 Å². The summed E-state index contributed by atoms with van der Waals surface area (Å²) in [7, 11) is 0. The molecule has 20 heavy (non-hydrogen) atoms. The van der Waals surface area contributed by atoms with Crippen LogP contribution >= 0.6 is 0 Å². The number of rotatable bonds is 2. The van der Waals surface area contributed by atoms with E-state index in [1.165, 1.54) is 0 Å². The number of anilines is 1. The number of carbonyl (C=O) groups is 1. The first kappa shape index (κ1) is 16.1. The molecule has 0 aliphatic heterocycles. The van der Waals surface area contributed by atoms with Crippen molar-refractivity contribution in [2.45, 2.75) is 39.7 Å². The van der Waals surface area contributed by atoms with Crippen molar-refractivity contribution in [2.24, 2.45) is 0 Å². The van der Waals surface area contributed by atoms with Gasteiger partial charge in [-0.2, -0.15) is 0 Å². The van der Waals surface area contributed by atoms with Gasteiger partial charge in [-0.05, 0) is 45.4 Å². The molecule has 0 aliphatic rings. The molecule has 0 heterocycles. The lowest BCUT2D eigenvalue weighted by Gasteiger charge is -2.21. The molecule has 3 N–H and O–H groups in total. The second-order valence-electron chi connectivity index (χ2n) is 5.65. The van der Waals surface area contributed by atoms with Gasteiger partial charge in [0.25, 0.3) is 0 Å². The van der Waals surface area contributed by atoms with Gasteiger partial charge in [-0.1, -0.05) is 17.9 Å². The Hall–Kier alpha value is -1.99. The Bertz CT molecular complexity index is 534. The SMILES string of the molecule is Cc1ccc(C#CCCO)c(NC(=O)NC(C)(C)C)c1. The van der Waals surface area contributed by atoms with Crippen LogP contribution in [-0.4, -0.2) is 23.3 Å². The lowest BCUT2D eigenvalue weighted by atomic mass is 10.1. The number of nitrogens with one attached hydrogen (secondary N) is 2. The minimum absolute atomic E-state index is 0.0339. The summed E-state index contributed by atoms with van der Waals surface area (Å²) >= 11 is 0. The molecule has 0 atom stereocenters. The maximum atomic E-state index is 11.9. The molecule has 0 aliphatic carbocycles. The molecule has 0 aromatic heterocycles. The van der Waals surface area contributed by atoms with Crippen LogP contribution in [0.2, 0.25) is 0 Å². The van der Waals surface area contributed by atoms with E-state index in [4.69, 9.17) is 5.11 Å². The number of hydrogen-bond acceptors (Lipinski definition) is 2. The zero-order valence-electron chi connectivity index (χ0n) is 12.5. The summed E-state index contributed by atoms with van der Waals surface area (Å²) in [4.78, 5) is 11.9. The predicted octanol–water partition coefficient (Wildman–Crippen LogP) is 2.65. The number of hydrogen-bond donors (Lipinski definition) is 3. The van der Waals surface area contributed by atoms with E-state index in [0.717, 1.165) is 11.1 Å². The number of urea groups is 1. The van der Waals surface area contributed by atoms with Gasteiger partial charge in [-0.25, -0.2) is 4.79 Å². The number of carbonyl (C=O) groups excluding carboxylic acids is 1. The van der Waals surface area contributed by atoms with Crippen LogP contribution in [-0.2, 0) is 0 Å². The summed E-state index contributed by atoms with van der Waals surface area (Å²) in [6, 6.07) is 5.43. The molecule has 0 spiro atoms. The van der Waals surface area contributed by atoms with Gasteiger partial charge in [0.1, 0.15) is 0 Å². The summed E-state index contributed by atoms with van der Waals surface area (Å²) in [5.41, 5.74) is 2.17. The maximum absolute atomic E-state index is 11.9. The first-order chi connectivity index (χ1) is 9.31. The number of aliphatic hydroxyl groups excluding tert-OH is 1. The van der Waals surface area contributed by atoms with Gasteiger partial charge in [-0.15, -0.1) is 0 Å². The van der Waals surface area contributed by atoms with E-state index < -0.39 is 0 Å². The third-order valence-electron chi connectivity index (χ3n) is 2.37. The monoisotopic (exact) mass is 274 g/mol. The fourth-order valence-corrected chi connectivity index (χ4v) is 1.58. The molecular formula is C16H22N2O2. The molecule has 4 nitrogen and oxygen atoms in total. The van der Waals surface area contributed by atoms with E-state index in [1.54, 1.807) is 0 Å². The number of benzene rings is 1. The van der Waals surface area contributed by atoms with Crippen LogP contribution in [0.5, 0.6) is 0 Å². The lowest BCUT2D eigenvalue weighted by molar-refractivity contribution is 0.244. The van der Waals surface area contributed by atoms with Crippen molar-refractivity contribution in [3.8, 4) is 11.8 Å². The van der Waals surface area contributed by atoms with Gasteiger partial charge in [-0.3, -0.25) is 0 Å². The van der Waals surface area contributed by atoms with Crippen LogP contribution < -0.4 is 10.6 Å². The Morgan fingerprint density at radius 2 is 2.05 bits per heavy atom. The third kappa shape index (κ3) is 5.77. The van der Waals surface area contributed by atoms with Crippen molar-refractivity contribution < 1.29 is 9.90 Å². The molecule has 0 radical (unpaired) electrons. The van der Waals surface area contributed by atoms with Crippen LogP contribution in [0.1, 0.15) is 38.3 Å². The molecule has 0 fully saturated rings. The largest absolute Gasteiger partial charge is 0.395 e.